The van der Waals surface area contributed by atoms with Crippen molar-refractivity contribution >= 4 is 15.9 Å². The molecule has 2 fully saturated rings. The van der Waals surface area contributed by atoms with E-state index in [1.165, 1.54) is 36.4 Å². The molecule has 1 aliphatic carbocycles. The van der Waals surface area contributed by atoms with Crippen LogP contribution in [0.5, 0.6) is 0 Å². The molecule has 2 aromatic rings. The molecule has 1 saturated carbocycles. The molecule has 0 spiro atoms. The first-order valence-corrected chi connectivity index (χ1v) is 13.6. The van der Waals surface area contributed by atoms with E-state index in [0.717, 1.165) is 12.0 Å². The van der Waals surface area contributed by atoms with E-state index in [-0.39, 0.29) is 35.1 Å². The van der Waals surface area contributed by atoms with Crippen LogP contribution >= 0.6 is 0 Å². The number of hydrogen-bond acceptors (Lipinski definition) is 5. The summed E-state index contributed by atoms with van der Waals surface area (Å²) >= 11 is 0. The predicted octanol–water partition coefficient (Wildman–Crippen LogP) is 4.52. The molecule has 1 saturated heterocycles. The Morgan fingerprint density at radius 1 is 1.12 bits per heavy atom. The van der Waals surface area contributed by atoms with Crippen molar-refractivity contribution in [3.8, 4) is 0 Å². The SMILES string of the molecule is Cc1noc(C)c1S(=O)(=O)N1CCCC(C(=O)NC(CC2CCCCC2)c2ccccc2)C1. The number of rotatable bonds is 7. The second-order valence-electron chi connectivity index (χ2n) is 9.57. The van der Waals surface area contributed by atoms with E-state index >= 15 is 0 Å². The van der Waals surface area contributed by atoms with Gasteiger partial charge in [-0.05, 0) is 44.6 Å². The molecular weight excluding hydrogens is 438 g/mol. The van der Waals surface area contributed by atoms with Gasteiger partial charge in [0.05, 0.1) is 12.0 Å². The van der Waals surface area contributed by atoms with E-state index in [0.29, 0.717) is 31.0 Å². The van der Waals surface area contributed by atoms with Crippen molar-refractivity contribution in [3.05, 3.63) is 47.3 Å². The van der Waals surface area contributed by atoms with E-state index in [9.17, 15) is 13.2 Å². The van der Waals surface area contributed by atoms with Gasteiger partial charge in [-0.3, -0.25) is 4.79 Å². The number of amides is 1. The number of nitrogens with zero attached hydrogens (tertiary/aromatic N) is 2. The lowest BCUT2D eigenvalue weighted by Crippen LogP contribution is -2.46. The van der Waals surface area contributed by atoms with Crippen molar-refractivity contribution < 1.29 is 17.7 Å². The average molecular weight is 474 g/mol. The molecule has 1 N–H and O–H groups in total. The molecule has 0 radical (unpaired) electrons. The van der Waals surface area contributed by atoms with Crippen molar-refractivity contribution in [2.45, 2.75) is 76.2 Å². The summed E-state index contributed by atoms with van der Waals surface area (Å²) in [4.78, 5) is 13.5. The van der Waals surface area contributed by atoms with Crippen molar-refractivity contribution in [1.29, 1.82) is 0 Å². The molecule has 0 bridgehead atoms. The van der Waals surface area contributed by atoms with Crippen molar-refractivity contribution in [1.82, 2.24) is 14.8 Å². The molecule has 180 valence electrons. The highest BCUT2D eigenvalue weighted by molar-refractivity contribution is 7.89. The summed E-state index contributed by atoms with van der Waals surface area (Å²) in [6, 6.07) is 10.1. The largest absolute Gasteiger partial charge is 0.360 e. The van der Waals surface area contributed by atoms with Gasteiger partial charge in [0.1, 0.15) is 10.6 Å². The highest BCUT2D eigenvalue weighted by Gasteiger charge is 2.37. The first-order valence-electron chi connectivity index (χ1n) is 12.1. The zero-order chi connectivity index (χ0) is 23.4. The Bertz CT molecular complexity index is 1030. The van der Waals surface area contributed by atoms with Gasteiger partial charge < -0.3 is 9.84 Å². The van der Waals surface area contributed by atoms with Gasteiger partial charge in [-0.1, -0.05) is 67.6 Å². The average Bonchev–Trinajstić information content (AvgIpc) is 3.18. The number of aryl methyl sites for hydroxylation is 2. The minimum atomic E-state index is -3.75. The number of carbonyl (C=O) groups is 1. The summed E-state index contributed by atoms with van der Waals surface area (Å²) in [5, 5.41) is 7.09. The fourth-order valence-electron chi connectivity index (χ4n) is 5.36. The van der Waals surface area contributed by atoms with Gasteiger partial charge in [-0.25, -0.2) is 8.42 Å². The zero-order valence-corrected chi connectivity index (χ0v) is 20.4. The lowest BCUT2D eigenvalue weighted by Gasteiger charge is -2.33. The normalized spacial score (nSPS) is 21.6. The van der Waals surface area contributed by atoms with Crippen LogP contribution in [0.4, 0.5) is 0 Å². The maximum absolute atomic E-state index is 13.4. The topological polar surface area (TPSA) is 92.5 Å². The molecule has 2 unspecified atom stereocenters. The van der Waals surface area contributed by atoms with E-state index in [2.05, 4.69) is 22.6 Å². The third-order valence-corrected chi connectivity index (χ3v) is 9.24. The summed E-state index contributed by atoms with van der Waals surface area (Å²) in [6.07, 6.45) is 8.52. The van der Waals surface area contributed by atoms with E-state index in [4.69, 9.17) is 4.52 Å². The van der Waals surface area contributed by atoms with E-state index in [1.807, 2.05) is 18.2 Å². The van der Waals surface area contributed by atoms with Crippen LogP contribution in [0, 0.1) is 25.7 Å². The summed E-state index contributed by atoms with van der Waals surface area (Å²) < 4.78 is 33.0. The Morgan fingerprint density at radius 3 is 2.52 bits per heavy atom. The summed E-state index contributed by atoms with van der Waals surface area (Å²) in [7, 11) is -3.75. The molecule has 33 heavy (non-hydrogen) atoms. The highest BCUT2D eigenvalue weighted by atomic mass is 32.2. The van der Waals surface area contributed by atoms with Gasteiger partial charge in [0.2, 0.25) is 15.9 Å². The monoisotopic (exact) mass is 473 g/mol. The minimum absolute atomic E-state index is 0.0450. The maximum Gasteiger partial charge on any atom is 0.248 e. The fourth-order valence-corrected chi connectivity index (χ4v) is 7.17. The van der Waals surface area contributed by atoms with Crippen molar-refractivity contribution in [2.75, 3.05) is 13.1 Å². The van der Waals surface area contributed by atoms with Crippen LogP contribution < -0.4 is 5.32 Å². The first-order chi connectivity index (χ1) is 15.9. The number of nitrogens with one attached hydrogen (secondary N) is 1. The second-order valence-corrected chi connectivity index (χ2v) is 11.4. The van der Waals surface area contributed by atoms with Crippen LogP contribution in [0.25, 0.3) is 0 Å². The van der Waals surface area contributed by atoms with Gasteiger partial charge >= 0.3 is 0 Å². The van der Waals surface area contributed by atoms with Crippen LogP contribution in [0.15, 0.2) is 39.8 Å². The third kappa shape index (κ3) is 5.49. The smallest absolute Gasteiger partial charge is 0.248 e. The molecule has 8 heteroatoms. The molecule has 1 aliphatic heterocycles. The van der Waals surface area contributed by atoms with Crippen molar-refractivity contribution in [3.63, 3.8) is 0 Å². The Balaban J connectivity index is 1.47. The highest BCUT2D eigenvalue weighted by Crippen LogP contribution is 2.33. The molecule has 2 aliphatic rings. The van der Waals surface area contributed by atoms with Crippen molar-refractivity contribution in [2.24, 2.45) is 11.8 Å². The molecular formula is C25H35N3O4S. The molecule has 2 heterocycles. The molecule has 7 nitrogen and oxygen atoms in total. The summed E-state index contributed by atoms with van der Waals surface area (Å²) in [6.45, 7) is 3.83. The molecule has 2 atom stereocenters. The standard InChI is InChI=1S/C25H35N3O4S/c1-18-24(19(2)32-27-18)33(30,31)28-15-9-14-22(17-28)25(29)26-23(21-12-7-4-8-13-21)16-20-10-5-3-6-11-20/h4,7-8,12-13,20,22-23H,3,5-6,9-11,14-17H2,1-2H3,(H,26,29). The Hall–Kier alpha value is -2.19. The lowest BCUT2D eigenvalue weighted by molar-refractivity contribution is -0.127. The zero-order valence-electron chi connectivity index (χ0n) is 19.6. The van der Waals surface area contributed by atoms with Gasteiger partial charge in [0, 0.05) is 13.1 Å². The van der Waals surface area contributed by atoms with Gasteiger partial charge in [-0.2, -0.15) is 4.31 Å². The Morgan fingerprint density at radius 2 is 1.85 bits per heavy atom. The van der Waals surface area contributed by atoms with Crippen LogP contribution in [0.3, 0.4) is 0 Å². The quantitative estimate of drug-likeness (QED) is 0.638. The fraction of sp³-hybridized carbons (Fsp3) is 0.600. The lowest BCUT2D eigenvalue weighted by atomic mass is 9.83. The van der Waals surface area contributed by atoms with Gasteiger partial charge in [-0.15, -0.1) is 0 Å². The summed E-state index contributed by atoms with van der Waals surface area (Å²) in [5.41, 5.74) is 1.48. The summed E-state index contributed by atoms with van der Waals surface area (Å²) in [5.74, 6) is 0.479. The molecule has 1 aromatic carbocycles. The number of carbonyl (C=O) groups excluding carboxylic acids is 1. The number of sulfonamides is 1. The van der Waals surface area contributed by atoms with Crippen LogP contribution in [0.1, 0.15) is 74.4 Å². The molecule has 1 amide bonds. The van der Waals surface area contributed by atoms with Gasteiger partial charge in [0.15, 0.2) is 5.76 Å². The van der Waals surface area contributed by atoms with Crippen LogP contribution in [-0.4, -0.2) is 36.9 Å². The minimum Gasteiger partial charge on any atom is -0.360 e. The molecule has 4 rings (SSSR count). The third-order valence-electron chi connectivity index (χ3n) is 7.13. The number of aromatic nitrogens is 1. The second kappa shape index (κ2) is 10.4. The Kier molecular flexibility index (Phi) is 7.54. The molecule has 1 aromatic heterocycles. The van der Waals surface area contributed by atoms with E-state index < -0.39 is 10.0 Å². The van der Waals surface area contributed by atoms with E-state index in [1.54, 1.807) is 13.8 Å². The maximum atomic E-state index is 13.4. The number of piperidine rings is 1. The number of benzene rings is 1. The van der Waals surface area contributed by atoms with Gasteiger partial charge in [0.25, 0.3) is 0 Å². The predicted molar refractivity (Wildman–Crippen MR) is 126 cm³/mol. The Labute approximate surface area is 197 Å². The van der Waals surface area contributed by atoms with Crippen LogP contribution in [0.2, 0.25) is 0 Å². The first kappa shape index (κ1) is 24.0. The number of hydrogen-bond donors (Lipinski definition) is 1. The van der Waals surface area contributed by atoms with Crippen LogP contribution in [-0.2, 0) is 14.8 Å².